The van der Waals surface area contributed by atoms with Crippen molar-refractivity contribution in [3.8, 4) is 17.2 Å². The quantitative estimate of drug-likeness (QED) is 0.124. The Kier molecular flexibility index (Phi) is 7.52. The largest absolute Gasteiger partial charge is 0.493 e. The van der Waals surface area contributed by atoms with Crippen molar-refractivity contribution in [2.45, 2.75) is 19.0 Å². The number of hydrogen-bond acceptors (Lipinski definition) is 6. The minimum Gasteiger partial charge on any atom is -0.493 e. The lowest BCUT2D eigenvalue weighted by Gasteiger charge is -2.50. The summed E-state index contributed by atoms with van der Waals surface area (Å²) in [4.78, 5) is 43.6. The van der Waals surface area contributed by atoms with Gasteiger partial charge in [0.2, 0.25) is 5.75 Å². The van der Waals surface area contributed by atoms with Crippen LogP contribution in [0.2, 0.25) is 25.1 Å². The van der Waals surface area contributed by atoms with Crippen molar-refractivity contribution in [2.24, 2.45) is 0 Å². The first-order chi connectivity index (χ1) is 19.0. The molecule has 1 saturated heterocycles. The van der Waals surface area contributed by atoms with Gasteiger partial charge < -0.3 is 19.1 Å². The topological polar surface area (TPSA) is 85.4 Å². The smallest absolute Gasteiger partial charge is 0.264 e. The lowest BCUT2D eigenvalue weighted by Crippen LogP contribution is -2.67. The molecule has 2 aliphatic heterocycles. The van der Waals surface area contributed by atoms with E-state index in [0.717, 1.165) is 4.90 Å². The van der Waals surface area contributed by atoms with Gasteiger partial charge >= 0.3 is 0 Å². The second kappa shape index (κ2) is 10.5. The molecule has 8 nitrogen and oxygen atoms in total. The van der Waals surface area contributed by atoms with Gasteiger partial charge in [-0.25, -0.2) is 0 Å². The fraction of sp³-hybridized carbons (Fsp3) is 0.222. The Labute approximate surface area is 254 Å². The molecule has 2 atom stereocenters. The van der Waals surface area contributed by atoms with Crippen LogP contribution in [0.3, 0.4) is 0 Å². The number of benzene rings is 3. The van der Waals surface area contributed by atoms with Crippen molar-refractivity contribution in [1.82, 2.24) is 4.90 Å². The summed E-state index contributed by atoms with van der Waals surface area (Å²) in [6.45, 7) is 1.76. The van der Waals surface area contributed by atoms with Crippen LogP contribution in [0.5, 0.6) is 17.2 Å². The van der Waals surface area contributed by atoms with Crippen molar-refractivity contribution in [1.29, 1.82) is 0 Å². The minimum absolute atomic E-state index is 0.174. The highest BCUT2D eigenvalue weighted by Crippen LogP contribution is 2.51. The molecule has 3 amide bonds. The summed E-state index contributed by atoms with van der Waals surface area (Å²) in [7, 11) is 4.36. The zero-order chi connectivity index (χ0) is 29.2. The van der Waals surface area contributed by atoms with E-state index in [0.29, 0.717) is 39.1 Å². The molecule has 2 aliphatic rings. The van der Waals surface area contributed by atoms with Crippen LogP contribution in [0, 0.1) is 6.92 Å². The zero-order valence-electron chi connectivity index (χ0n) is 21.3. The summed E-state index contributed by atoms with van der Waals surface area (Å²) >= 11 is 31.4. The van der Waals surface area contributed by atoms with Gasteiger partial charge in [0.05, 0.1) is 58.6 Å². The minimum atomic E-state index is -1.29. The SMILES string of the molecule is COc1cc([C@H]2[C@H](N3C(=O)c4c(Cl)c(Cl)c(Cl)c(Cl)c4C3=O)C(=O)N2c2cccc(Cl)c2C)cc(OC)c1OC. The zero-order valence-corrected chi connectivity index (χ0v) is 25.1. The first-order valence-corrected chi connectivity index (χ1v) is 13.5. The van der Waals surface area contributed by atoms with Gasteiger partial charge in [-0.1, -0.05) is 64.1 Å². The van der Waals surface area contributed by atoms with Gasteiger partial charge in [-0.2, -0.15) is 0 Å². The van der Waals surface area contributed by atoms with Gasteiger partial charge in [-0.05, 0) is 42.3 Å². The fourth-order valence-corrected chi connectivity index (χ4v) is 6.26. The molecule has 3 aromatic rings. The number of amides is 3. The summed E-state index contributed by atoms with van der Waals surface area (Å²) < 4.78 is 16.5. The Morgan fingerprint density at radius 1 is 0.700 bits per heavy atom. The Morgan fingerprint density at radius 2 is 1.23 bits per heavy atom. The highest BCUT2D eigenvalue weighted by molar-refractivity contribution is 6.55. The molecule has 0 radical (unpaired) electrons. The lowest BCUT2D eigenvalue weighted by molar-refractivity contribution is -0.130. The molecule has 0 aromatic heterocycles. The first kappa shape index (κ1) is 28.6. The van der Waals surface area contributed by atoms with Crippen molar-refractivity contribution >= 4 is 81.4 Å². The van der Waals surface area contributed by atoms with Crippen LogP contribution in [0.4, 0.5) is 5.69 Å². The second-order valence-corrected chi connectivity index (χ2v) is 10.8. The molecular weight excluding hydrogens is 626 g/mol. The van der Waals surface area contributed by atoms with Gasteiger partial charge in [0, 0.05) is 10.7 Å². The fourth-order valence-electron chi connectivity index (χ4n) is 5.07. The maximum atomic E-state index is 13.9. The van der Waals surface area contributed by atoms with E-state index in [2.05, 4.69) is 0 Å². The molecule has 3 aromatic carbocycles. The number of nitrogens with zero attached hydrogens (tertiary/aromatic N) is 2. The van der Waals surface area contributed by atoms with Gasteiger partial charge in [-0.15, -0.1) is 0 Å². The number of hydrogen-bond donors (Lipinski definition) is 0. The molecule has 40 heavy (non-hydrogen) atoms. The number of ether oxygens (including phenoxy) is 3. The van der Waals surface area contributed by atoms with Crippen LogP contribution in [-0.2, 0) is 4.79 Å². The number of anilines is 1. The number of halogens is 5. The van der Waals surface area contributed by atoms with Crippen molar-refractivity contribution in [3.05, 3.63) is 77.7 Å². The van der Waals surface area contributed by atoms with Gasteiger partial charge in [-0.3, -0.25) is 19.3 Å². The van der Waals surface area contributed by atoms with Crippen molar-refractivity contribution in [2.75, 3.05) is 26.2 Å². The highest BCUT2D eigenvalue weighted by atomic mass is 35.5. The Morgan fingerprint density at radius 3 is 1.70 bits per heavy atom. The predicted molar refractivity (Wildman–Crippen MR) is 153 cm³/mol. The number of methoxy groups -OCH3 is 3. The van der Waals surface area contributed by atoms with Crippen LogP contribution in [-0.4, -0.2) is 50.0 Å². The number of imide groups is 1. The molecule has 1 fully saturated rings. The molecule has 0 saturated carbocycles. The molecule has 13 heteroatoms. The average molecular weight is 645 g/mol. The standard InChI is InChI=1S/C27H19Cl5N2O6/c1-10-12(28)6-5-7-13(10)33-22(11-8-14(38-2)24(40-4)15(9-11)39-3)23(27(33)37)34-25(35)16-17(26(34)36)19(30)21(32)20(31)18(16)29/h5-9,22-23H,1-4H3/t22-,23-/m0/s1. The maximum Gasteiger partial charge on any atom is 0.264 e. The van der Waals surface area contributed by atoms with Gasteiger partial charge in [0.15, 0.2) is 11.5 Å². The molecule has 2 heterocycles. The van der Waals surface area contributed by atoms with E-state index in [-0.39, 0.29) is 31.2 Å². The number of fused-ring (bicyclic) bond motifs is 1. The predicted octanol–water partition coefficient (Wildman–Crippen LogP) is 7.04. The maximum absolute atomic E-state index is 13.9. The van der Waals surface area contributed by atoms with Crippen LogP contribution in [0.1, 0.15) is 37.9 Å². The lowest BCUT2D eigenvalue weighted by atomic mass is 9.85. The number of β-lactam (4-membered cyclic amide) rings is 1. The van der Waals surface area contributed by atoms with Crippen LogP contribution in [0.25, 0.3) is 0 Å². The van der Waals surface area contributed by atoms with E-state index in [4.69, 9.17) is 72.2 Å². The Bertz CT molecular complexity index is 1560. The number of carbonyl (C=O) groups is 3. The van der Waals surface area contributed by atoms with Gasteiger partial charge in [0.1, 0.15) is 6.04 Å². The molecule has 0 unspecified atom stereocenters. The number of rotatable bonds is 6. The van der Waals surface area contributed by atoms with Crippen LogP contribution >= 0.6 is 58.0 Å². The molecule has 5 rings (SSSR count). The average Bonchev–Trinajstić information content (AvgIpc) is 3.20. The van der Waals surface area contributed by atoms with E-state index in [1.807, 2.05) is 0 Å². The van der Waals surface area contributed by atoms with E-state index >= 15 is 0 Å². The monoisotopic (exact) mass is 642 g/mol. The highest BCUT2D eigenvalue weighted by Gasteiger charge is 2.59. The molecule has 0 spiro atoms. The number of carbonyl (C=O) groups excluding carboxylic acids is 3. The Balaban J connectivity index is 1.71. The summed E-state index contributed by atoms with van der Waals surface area (Å²) in [5.74, 6) is -1.25. The second-order valence-electron chi connectivity index (χ2n) is 8.93. The summed E-state index contributed by atoms with van der Waals surface area (Å²) in [6, 6.07) is 6.22. The Hall–Kier alpha value is -2.88. The van der Waals surface area contributed by atoms with Crippen molar-refractivity contribution in [3.63, 3.8) is 0 Å². The third kappa shape index (κ3) is 4.00. The summed E-state index contributed by atoms with van der Waals surface area (Å²) in [5, 5.41) is -0.378. The summed E-state index contributed by atoms with van der Waals surface area (Å²) in [5.41, 5.74) is 1.16. The van der Waals surface area contributed by atoms with E-state index in [1.165, 1.54) is 26.2 Å². The van der Waals surface area contributed by atoms with E-state index in [1.54, 1.807) is 37.3 Å². The van der Waals surface area contributed by atoms with Crippen LogP contribution in [0.15, 0.2) is 30.3 Å². The molecular formula is C27H19Cl5N2O6. The van der Waals surface area contributed by atoms with Crippen LogP contribution < -0.4 is 19.1 Å². The molecule has 0 aliphatic carbocycles. The third-order valence-corrected chi connectivity index (χ3v) is 9.22. The molecule has 0 N–H and O–H groups in total. The van der Waals surface area contributed by atoms with E-state index in [9.17, 15) is 14.4 Å². The third-order valence-electron chi connectivity index (χ3n) is 7.01. The first-order valence-electron chi connectivity index (χ1n) is 11.6. The normalized spacial score (nSPS) is 18.2. The molecule has 0 bridgehead atoms. The van der Waals surface area contributed by atoms with Crippen molar-refractivity contribution < 1.29 is 28.6 Å². The van der Waals surface area contributed by atoms with Gasteiger partial charge in [0.25, 0.3) is 17.7 Å². The summed E-state index contributed by atoms with van der Waals surface area (Å²) in [6.07, 6.45) is 0. The molecule has 208 valence electrons. The van der Waals surface area contributed by atoms with E-state index < -0.39 is 29.8 Å².